The SMILES string of the molecule is CC1CCC(O)(c2ccccc2Br)CS1. The topological polar surface area (TPSA) is 20.2 Å². The quantitative estimate of drug-likeness (QED) is 0.852. The Balaban J connectivity index is 2.26. The predicted octanol–water partition coefficient (Wildman–Crippen LogP) is 3.55. The van der Waals surface area contributed by atoms with Crippen molar-refractivity contribution in [1.82, 2.24) is 0 Å². The zero-order chi connectivity index (χ0) is 10.9. The Labute approximate surface area is 103 Å². The molecule has 3 heteroatoms. The fourth-order valence-corrected chi connectivity index (χ4v) is 3.73. The molecule has 0 aromatic heterocycles. The van der Waals surface area contributed by atoms with Gasteiger partial charge in [0.1, 0.15) is 0 Å². The second-order valence-corrected chi connectivity index (χ2v) is 6.45. The fourth-order valence-electron chi connectivity index (χ4n) is 1.93. The largest absolute Gasteiger partial charge is 0.384 e. The summed E-state index contributed by atoms with van der Waals surface area (Å²) in [5, 5.41) is 11.3. The van der Waals surface area contributed by atoms with E-state index in [2.05, 4.69) is 22.9 Å². The number of thioether (sulfide) groups is 1. The molecule has 0 radical (unpaired) electrons. The van der Waals surface area contributed by atoms with E-state index >= 15 is 0 Å². The number of hydrogen-bond donors (Lipinski definition) is 1. The van der Waals surface area contributed by atoms with Gasteiger partial charge in [0.05, 0.1) is 5.60 Å². The molecule has 1 fully saturated rings. The molecular weight excluding hydrogens is 272 g/mol. The van der Waals surface area contributed by atoms with Gasteiger partial charge < -0.3 is 5.11 Å². The van der Waals surface area contributed by atoms with Crippen LogP contribution in [0.3, 0.4) is 0 Å². The summed E-state index contributed by atoms with van der Waals surface area (Å²) >= 11 is 5.37. The molecule has 0 spiro atoms. The van der Waals surface area contributed by atoms with Crippen molar-refractivity contribution in [2.24, 2.45) is 0 Å². The summed E-state index contributed by atoms with van der Waals surface area (Å²) in [7, 11) is 0. The first kappa shape index (κ1) is 11.5. The predicted molar refractivity (Wildman–Crippen MR) is 69.2 cm³/mol. The van der Waals surface area contributed by atoms with E-state index in [-0.39, 0.29) is 0 Å². The third-order valence-corrected chi connectivity index (χ3v) is 5.09. The second-order valence-electron chi connectivity index (χ2n) is 4.17. The summed E-state index contributed by atoms with van der Waals surface area (Å²) in [6.07, 6.45) is 1.95. The van der Waals surface area contributed by atoms with Crippen LogP contribution >= 0.6 is 27.7 Å². The van der Waals surface area contributed by atoms with Crippen molar-refractivity contribution >= 4 is 27.7 Å². The molecule has 1 saturated heterocycles. The van der Waals surface area contributed by atoms with Crippen molar-refractivity contribution in [3.05, 3.63) is 34.3 Å². The number of hydrogen-bond acceptors (Lipinski definition) is 2. The summed E-state index contributed by atoms with van der Waals surface area (Å²) in [6, 6.07) is 7.98. The third kappa shape index (κ3) is 2.40. The van der Waals surface area contributed by atoms with Crippen LogP contribution in [0.5, 0.6) is 0 Å². The van der Waals surface area contributed by atoms with Crippen LogP contribution in [-0.4, -0.2) is 16.1 Å². The highest BCUT2D eigenvalue weighted by atomic mass is 79.9. The van der Waals surface area contributed by atoms with Crippen LogP contribution < -0.4 is 0 Å². The average Bonchev–Trinajstić information content (AvgIpc) is 2.23. The van der Waals surface area contributed by atoms with Crippen molar-refractivity contribution in [2.75, 3.05) is 5.75 Å². The highest BCUT2D eigenvalue weighted by molar-refractivity contribution is 9.10. The van der Waals surface area contributed by atoms with Crippen LogP contribution in [0.1, 0.15) is 25.3 Å². The second kappa shape index (κ2) is 4.48. The molecule has 82 valence electrons. The summed E-state index contributed by atoms with van der Waals surface area (Å²) in [5.74, 6) is 0.802. The maximum Gasteiger partial charge on any atom is 0.0997 e. The van der Waals surface area contributed by atoms with Crippen molar-refractivity contribution in [2.45, 2.75) is 30.6 Å². The summed E-state index contributed by atoms with van der Waals surface area (Å²) < 4.78 is 1.02. The lowest BCUT2D eigenvalue weighted by Gasteiger charge is -2.35. The van der Waals surface area contributed by atoms with Gasteiger partial charge >= 0.3 is 0 Å². The molecule has 0 bridgehead atoms. The number of rotatable bonds is 1. The first-order valence-electron chi connectivity index (χ1n) is 5.21. The molecule has 15 heavy (non-hydrogen) atoms. The minimum absolute atomic E-state index is 0.642. The zero-order valence-corrected chi connectivity index (χ0v) is 11.1. The lowest BCUT2D eigenvalue weighted by atomic mass is 9.90. The van der Waals surface area contributed by atoms with Crippen LogP contribution in [-0.2, 0) is 5.60 Å². The Bertz CT molecular complexity index is 345. The van der Waals surface area contributed by atoms with Crippen molar-refractivity contribution in [1.29, 1.82) is 0 Å². The molecule has 2 unspecified atom stereocenters. The highest BCUT2D eigenvalue weighted by Gasteiger charge is 2.35. The molecule has 2 rings (SSSR count). The molecule has 1 aromatic carbocycles. The van der Waals surface area contributed by atoms with Gasteiger partial charge in [-0.3, -0.25) is 0 Å². The Hall–Kier alpha value is 0.01000. The van der Waals surface area contributed by atoms with Gasteiger partial charge in [-0.05, 0) is 24.5 Å². The van der Waals surface area contributed by atoms with Gasteiger partial charge in [0.2, 0.25) is 0 Å². The van der Waals surface area contributed by atoms with Gasteiger partial charge in [-0.1, -0.05) is 41.1 Å². The van der Waals surface area contributed by atoms with Crippen molar-refractivity contribution in [3.8, 4) is 0 Å². The van der Waals surface area contributed by atoms with E-state index in [1.165, 1.54) is 0 Å². The van der Waals surface area contributed by atoms with Crippen LogP contribution in [0.25, 0.3) is 0 Å². The van der Waals surface area contributed by atoms with E-state index < -0.39 is 5.60 Å². The average molecular weight is 287 g/mol. The summed E-state index contributed by atoms with van der Waals surface area (Å²) in [5.41, 5.74) is 0.390. The standard InChI is InChI=1S/C12H15BrOS/c1-9-6-7-12(14,8-15-9)10-4-2-3-5-11(10)13/h2-5,9,14H,6-8H2,1H3. The van der Waals surface area contributed by atoms with E-state index in [9.17, 15) is 5.11 Å². The molecule has 1 aliphatic heterocycles. The lowest BCUT2D eigenvalue weighted by Crippen LogP contribution is -2.34. The summed E-state index contributed by atoms with van der Waals surface area (Å²) in [4.78, 5) is 0. The molecule has 0 amide bonds. The molecule has 2 atom stereocenters. The van der Waals surface area contributed by atoms with E-state index in [0.717, 1.165) is 28.6 Å². The first-order valence-corrected chi connectivity index (χ1v) is 7.05. The van der Waals surface area contributed by atoms with Crippen LogP contribution in [0.2, 0.25) is 0 Å². The van der Waals surface area contributed by atoms with Crippen molar-refractivity contribution < 1.29 is 5.11 Å². The first-order chi connectivity index (χ1) is 7.12. The maximum absolute atomic E-state index is 10.6. The normalized spacial score (nSPS) is 31.5. The monoisotopic (exact) mass is 286 g/mol. The Kier molecular flexibility index (Phi) is 3.43. The molecular formula is C12H15BrOS. The number of benzene rings is 1. The molecule has 1 aromatic rings. The molecule has 0 saturated carbocycles. The molecule has 1 nitrogen and oxygen atoms in total. The van der Waals surface area contributed by atoms with Gasteiger partial charge in [0, 0.05) is 15.5 Å². The minimum atomic E-state index is -0.642. The van der Waals surface area contributed by atoms with Gasteiger partial charge in [-0.2, -0.15) is 11.8 Å². The van der Waals surface area contributed by atoms with E-state index in [0.29, 0.717) is 5.25 Å². The maximum atomic E-state index is 10.6. The van der Waals surface area contributed by atoms with E-state index in [1.807, 2.05) is 36.0 Å². The Morgan fingerprint density at radius 2 is 2.20 bits per heavy atom. The number of aliphatic hydroxyl groups is 1. The third-order valence-electron chi connectivity index (χ3n) is 2.95. The smallest absolute Gasteiger partial charge is 0.0997 e. The molecule has 0 aliphatic carbocycles. The highest BCUT2D eigenvalue weighted by Crippen LogP contribution is 2.41. The number of halogens is 1. The van der Waals surface area contributed by atoms with E-state index in [1.54, 1.807) is 0 Å². The Morgan fingerprint density at radius 3 is 2.80 bits per heavy atom. The van der Waals surface area contributed by atoms with Crippen LogP contribution in [0.4, 0.5) is 0 Å². The summed E-state index contributed by atoms with van der Waals surface area (Å²) in [6.45, 7) is 2.23. The zero-order valence-electron chi connectivity index (χ0n) is 8.74. The molecule has 1 aliphatic rings. The van der Waals surface area contributed by atoms with Crippen LogP contribution in [0.15, 0.2) is 28.7 Å². The molecule has 1 N–H and O–H groups in total. The van der Waals surface area contributed by atoms with E-state index in [4.69, 9.17) is 0 Å². The van der Waals surface area contributed by atoms with Crippen molar-refractivity contribution in [3.63, 3.8) is 0 Å². The van der Waals surface area contributed by atoms with Gasteiger partial charge in [-0.25, -0.2) is 0 Å². The fraction of sp³-hybridized carbons (Fsp3) is 0.500. The Morgan fingerprint density at radius 1 is 1.47 bits per heavy atom. The van der Waals surface area contributed by atoms with Crippen LogP contribution in [0, 0.1) is 0 Å². The minimum Gasteiger partial charge on any atom is -0.384 e. The molecule has 1 heterocycles. The van der Waals surface area contributed by atoms with Gasteiger partial charge in [-0.15, -0.1) is 0 Å². The lowest BCUT2D eigenvalue weighted by molar-refractivity contribution is 0.0464. The van der Waals surface area contributed by atoms with Gasteiger partial charge in [0.25, 0.3) is 0 Å². The van der Waals surface area contributed by atoms with Gasteiger partial charge in [0.15, 0.2) is 0 Å².